The maximum atomic E-state index is 13.5. The monoisotopic (exact) mass is 927 g/mol. The van der Waals surface area contributed by atoms with Crippen LogP contribution < -0.4 is 25.8 Å². The van der Waals surface area contributed by atoms with Crippen molar-refractivity contribution in [2.24, 2.45) is 0 Å². The molecular formula is C53H57N11O5. The number of piperazine rings is 1. The van der Waals surface area contributed by atoms with E-state index in [-0.39, 0.29) is 24.2 Å². The Morgan fingerprint density at radius 1 is 0.768 bits per heavy atom. The second-order valence-corrected chi connectivity index (χ2v) is 18.1. The topological polar surface area (TPSA) is 192 Å². The van der Waals surface area contributed by atoms with E-state index < -0.39 is 6.04 Å². The molecule has 0 spiro atoms. The third kappa shape index (κ3) is 11.0. The molecule has 16 nitrogen and oxygen atoms in total. The van der Waals surface area contributed by atoms with Crippen LogP contribution in [0.15, 0.2) is 116 Å². The summed E-state index contributed by atoms with van der Waals surface area (Å²) >= 11 is 0. The van der Waals surface area contributed by atoms with Crippen molar-refractivity contribution in [1.82, 2.24) is 29.7 Å². The Balaban J connectivity index is 0.00000193. The summed E-state index contributed by atoms with van der Waals surface area (Å²) in [5.41, 5.74) is 9.60. The number of carboxylic acid groups (broad SMARTS) is 1. The van der Waals surface area contributed by atoms with E-state index in [1.165, 1.54) is 5.56 Å². The summed E-state index contributed by atoms with van der Waals surface area (Å²) < 4.78 is 1.80. The molecule has 16 heteroatoms. The SMILES string of the molecule is N#Cc1cnn2cc(-c3ccc(N4CCN(C(=O)CN5CCC(c6ccc(NC7CCC(=O)NC7=O)cc6)CC5)CC4)cc3)cc(-c3ccc(N4CCC(Nc5ccccc5)CC4)nc3)c12.O=CO. The molecule has 6 aromatic rings. The number of piperidine rings is 3. The Labute approximate surface area is 401 Å². The van der Waals surface area contributed by atoms with Crippen LogP contribution in [0.25, 0.3) is 27.8 Å². The van der Waals surface area contributed by atoms with Crippen molar-refractivity contribution in [3.05, 3.63) is 127 Å². The Bertz CT molecular complexity index is 2770. The average Bonchev–Trinajstić information content (AvgIpc) is 3.82. The predicted octanol–water partition coefficient (Wildman–Crippen LogP) is 6.46. The fourth-order valence-electron chi connectivity index (χ4n) is 10.0. The molecule has 3 amide bonds. The van der Waals surface area contributed by atoms with Crippen LogP contribution in [-0.2, 0) is 19.2 Å². The van der Waals surface area contributed by atoms with Gasteiger partial charge < -0.3 is 30.4 Å². The number of imide groups is 1. The van der Waals surface area contributed by atoms with Crippen LogP contribution in [0.1, 0.15) is 55.6 Å². The smallest absolute Gasteiger partial charge is 0.290 e. The molecule has 4 fully saturated rings. The number of pyridine rings is 2. The van der Waals surface area contributed by atoms with Crippen molar-refractivity contribution in [3.8, 4) is 28.3 Å². The lowest BCUT2D eigenvalue weighted by molar-refractivity contribution is -0.134. The van der Waals surface area contributed by atoms with Gasteiger partial charge in [0.1, 0.15) is 17.9 Å². The zero-order chi connectivity index (χ0) is 47.7. The zero-order valence-electron chi connectivity index (χ0n) is 38.5. The van der Waals surface area contributed by atoms with Crippen molar-refractivity contribution in [3.63, 3.8) is 0 Å². The standard InChI is InChI=1S/C52H55N11O3.CH2O2/c53-31-41-33-55-63-34-40(30-46(51(41)63)39-10-16-48(54-32-39)61-24-20-44(21-25-61)56-42-4-2-1-3-5-42)37-8-13-45(14-9-37)60-26-28-62(29-27-60)50(65)35-59-22-18-38(19-23-59)36-6-11-43(12-7-36)57-47-15-17-49(64)58-52(47)66;2-1-3/h1-14,16,30,32-34,38,44,47,56-57H,15,17-29,35H2,(H,58,64,66);1H,(H,2,3). The molecule has 69 heavy (non-hydrogen) atoms. The van der Waals surface area contributed by atoms with Crippen molar-refractivity contribution in [1.29, 1.82) is 5.26 Å². The molecule has 4 aliphatic rings. The molecule has 3 aromatic carbocycles. The fraction of sp³-hybridized carbons (Fsp3) is 0.340. The normalized spacial score (nSPS) is 18.2. The van der Waals surface area contributed by atoms with Gasteiger partial charge in [0, 0.05) is 97.9 Å². The molecular weight excluding hydrogens is 871 g/mol. The summed E-state index contributed by atoms with van der Waals surface area (Å²) in [5, 5.41) is 30.8. The minimum absolute atomic E-state index is 0.193. The molecule has 10 rings (SSSR count). The molecule has 4 saturated heterocycles. The number of carbonyl (C=O) groups excluding carboxylic acids is 3. The highest BCUT2D eigenvalue weighted by molar-refractivity contribution is 6.01. The van der Waals surface area contributed by atoms with Crippen LogP contribution in [0.3, 0.4) is 0 Å². The number of likely N-dealkylation sites (tertiary alicyclic amines) is 1. The fourth-order valence-corrected chi connectivity index (χ4v) is 10.0. The van der Waals surface area contributed by atoms with Gasteiger partial charge in [-0.1, -0.05) is 42.5 Å². The van der Waals surface area contributed by atoms with Crippen LogP contribution in [0, 0.1) is 11.3 Å². The average molecular weight is 928 g/mol. The second-order valence-electron chi connectivity index (χ2n) is 18.1. The maximum absolute atomic E-state index is 13.5. The lowest BCUT2D eigenvalue weighted by atomic mass is 9.89. The van der Waals surface area contributed by atoms with E-state index in [9.17, 15) is 19.6 Å². The van der Waals surface area contributed by atoms with Crippen LogP contribution in [0.2, 0.25) is 0 Å². The highest BCUT2D eigenvalue weighted by Gasteiger charge is 2.29. The first kappa shape index (κ1) is 46.3. The van der Waals surface area contributed by atoms with Gasteiger partial charge in [-0.15, -0.1) is 0 Å². The van der Waals surface area contributed by atoms with Gasteiger partial charge >= 0.3 is 0 Å². The maximum Gasteiger partial charge on any atom is 0.290 e. The molecule has 0 radical (unpaired) electrons. The van der Waals surface area contributed by atoms with Gasteiger partial charge in [0.2, 0.25) is 17.7 Å². The second kappa shape index (κ2) is 21.5. The van der Waals surface area contributed by atoms with Gasteiger partial charge in [-0.05, 0) is 117 Å². The number of anilines is 4. The third-order valence-corrected chi connectivity index (χ3v) is 13.9. The van der Waals surface area contributed by atoms with E-state index in [1.807, 2.05) is 35.5 Å². The molecule has 0 saturated carbocycles. The number of hydrogen-bond donors (Lipinski definition) is 4. The number of nitriles is 1. The van der Waals surface area contributed by atoms with Gasteiger partial charge in [-0.2, -0.15) is 10.4 Å². The van der Waals surface area contributed by atoms with Gasteiger partial charge in [0.05, 0.1) is 23.8 Å². The van der Waals surface area contributed by atoms with Crippen molar-refractivity contribution in [2.45, 2.75) is 56.5 Å². The zero-order valence-corrected chi connectivity index (χ0v) is 38.5. The lowest BCUT2D eigenvalue weighted by Gasteiger charge is -2.38. The van der Waals surface area contributed by atoms with Gasteiger partial charge in [0.15, 0.2) is 0 Å². The predicted molar refractivity (Wildman–Crippen MR) is 266 cm³/mol. The molecule has 4 N–H and O–H groups in total. The highest BCUT2D eigenvalue weighted by Crippen LogP contribution is 2.34. The van der Waals surface area contributed by atoms with E-state index in [4.69, 9.17) is 14.9 Å². The van der Waals surface area contributed by atoms with E-state index in [1.54, 1.807) is 10.7 Å². The number of amides is 3. The minimum Gasteiger partial charge on any atom is -0.483 e. The van der Waals surface area contributed by atoms with Gasteiger partial charge in [-0.3, -0.25) is 29.4 Å². The van der Waals surface area contributed by atoms with E-state index in [2.05, 4.69) is 121 Å². The number of nitrogens with zero attached hydrogens (tertiary/aromatic N) is 8. The van der Waals surface area contributed by atoms with Crippen molar-refractivity contribution < 1.29 is 24.3 Å². The first-order chi connectivity index (χ1) is 33.7. The van der Waals surface area contributed by atoms with Crippen LogP contribution in [0.5, 0.6) is 0 Å². The Kier molecular flexibility index (Phi) is 14.4. The summed E-state index contributed by atoms with van der Waals surface area (Å²) in [7, 11) is 0. The number of fused-ring (bicyclic) bond motifs is 1. The Hall–Kier alpha value is -7.77. The molecule has 7 heterocycles. The van der Waals surface area contributed by atoms with Crippen LogP contribution in [-0.4, -0.2) is 125 Å². The number of benzene rings is 3. The Morgan fingerprint density at radius 2 is 1.46 bits per heavy atom. The number of hydrogen-bond acceptors (Lipinski definition) is 12. The molecule has 0 bridgehead atoms. The summed E-state index contributed by atoms with van der Waals surface area (Å²) in [6, 6.07) is 36.0. The van der Waals surface area contributed by atoms with Crippen molar-refractivity contribution in [2.75, 3.05) is 79.3 Å². The Morgan fingerprint density at radius 3 is 2.13 bits per heavy atom. The molecule has 3 aromatic heterocycles. The summed E-state index contributed by atoms with van der Waals surface area (Å²) in [4.78, 5) is 59.4. The van der Waals surface area contributed by atoms with E-state index in [0.29, 0.717) is 50.0 Å². The van der Waals surface area contributed by atoms with E-state index in [0.717, 1.165) is 116 Å². The van der Waals surface area contributed by atoms with Crippen molar-refractivity contribution >= 4 is 52.6 Å². The number of rotatable bonds is 11. The highest BCUT2D eigenvalue weighted by atomic mass is 16.3. The van der Waals surface area contributed by atoms with Gasteiger partial charge in [-0.25, -0.2) is 9.50 Å². The molecule has 354 valence electrons. The molecule has 1 unspecified atom stereocenters. The first-order valence-electron chi connectivity index (χ1n) is 23.8. The third-order valence-electron chi connectivity index (χ3n) is 13.9. The molecule has 4 aliphatic heterocycles. The van der Waals surface area contributed by atoms with Gasteiger partial charge in [0.25, 0.3) is 6.47 Å². The van der Waals surface area contributed by atoms with E-state index >= 15 is 0 Å². The molecule has 1 atom stereocenters. The number of aromatic nitrogens is 3. The first-order valence-corrected chi connectivity index (χ1v) is 23.8. The summed E-state index contributed by atoms with van der Waals surface area (Å²) in [5.74, 6) is 1.10. The van der Waals surface area contributed by atoms with Crippen LogP contribution >= 0.6 is 0 Å². The number of carbonyl (C=O) groups is 4. The molecule has 0 aliphatic carbocycles. The lowest BCUT2D eigenvalue weighted by Crippen LogP contribution is -2.51. The largest absolute Gasteiger partial charge is 0.483 e. The number of para-hydroxylation sites is 1. The summed E-state index contributed by atoms with van der Waals surface area (Å²) in [6.07, 6.45) is 10.4. The number of nitrogens with one attached hydrogen (secondary N) is 3. The minimum atomic E-state index is -0.395. The van der Waals surface area contributed by atoms with Crippen LogP contribution in [0.4, 0.5) is 22.9 Å². The summed E-state index contributed by atoms with van der Waals surface area (Å²) in [6.45, 7) is 6.73. The quantitative estimate of drug-likeness (QED) is 0.0819.